The zero-order chi connectivity index (χ0) is 14.0. The number of carbonyl (C=O) groups is 1. The number of esters is 1. The maximum absolute atomic E-state index is 13.8. The molecule has 0 saturated carbocycles. The Bertz CT molecular complexity index is 601. The first-order chi connectivity index (χ1) is 8.96. The molecule has 0 unspecified atom stereocenters. The molecule has 1 atom stereocenters. The smallest absolute Gasteiger partial charge is 0.379 e. The fourth-order valence-electron chi connectivity index (χ4n) is 1.83. The number of ether oxygens (including phenoxy) is 1. The molecule has 20 heavy (non-hydrogen) atoms. The van der Waals surface area contributed by atoms with Gasteiger partial charge in [-0.3, -0.25) is 0 Å². The topological polar surface area (TPSA) is 68.1 Å². The number of carbonyl (C=O) groups excluding carboxylic acids is 1. The molecule has 0 saturated heterocycles. The number of benzene rings is 1. The van der Waals surface area contributed by atoms with E-state index in [1.165, 1.54) is 19.1 Å². The minimum atomic E-state index is -3.75. The van der Waals surface area contributed by atoms with Gasteiger partial charge in [0.15, 0.2) is 0 Å². The predicted molar refractivity (Wildman–Crippen MR) is 74.1 cm³/mol. The lowest BCUT2D eigenvalue weighted by atomic mass is 10.00. The molecular formula is C13H15ClF2N2O2. The van der Waals surface area contributed by atoms with E-state index in [9.17, 15) is 13.6 Å². The monoisotopic (exact) mass is 304 g/mol. The molecule has 0 bridgehead atoms. The Morgan fingerprint density at radius 2 is 2.15 bits per heavy atom. The summed E-state index contributed by atoms with van der Waals surface area (Å²) in [5, 5.41) is 0.757. The number of nitrogens with two attached hydrogens (primary N) is 1. The Kier molecular flexibility index (Phi) is 5.08. The van der Waals surface area contributed by atoms with Crippen LogP contribution in [-0.4, -0.2) is 23.5 Å². The van der Waals surface area contributed by atoms with Crippen LogP contribution in [0.3, 0.4) is 0 Å². The van der Waals surface area contributed by atoms with Crippen molar-refractivity contribution in [3.05, 3.63) is 36.0 Å². The number of rotatable bonds is 4. The second kappa shape index (κ2) is 6.19. The van der Waals surface area contributed by atoms with E-state index in [-0.39, 0.29) is 24.6 Å². The molecule has 3 N–H and O–H groups in total. The van der Waals surface area contributed by atoms with Gasteiger partial charge < -0.3 is 15.5 Å². The molecular weight excluding hydrogens is 290 g/mol. The van der Waals surface area contributed by atoms with Crippen LogP contribution in [0, 0.1) is 0 Å². The molecule has 2 aromatic rings. The molecule has 1 aromatic carbocycles. The van der Waals surface area contributed by atoms with Crippen LogP contribution >= 0.6 is 12.4 Å². The highest BCUT2D eigenvalue weighted by Gasteiger charge is 2.47. The first kappa shape index (κ1) is 16.4. The van der Waals surface area contributed by atoms with Crippen LogP contribution < -0.4 is 5.73 Å². The van der Waals surface area contributed by atoms with E-state index >= 15 is 0 Å². The van der Waals surface area contributed by atoms with Crippen molar-refractivity contribution in [2.24, 2.45) is 5.73 Å². The summed E-state index contributed by atoms with van der Waals surface area (Å²) >= 11 is 0. The highest BCUT2D eigenvalue weighted by Crippen LogP contribution is 2.31. The summed E-state index contributed by atoms with van der Waals surface area (Å²) in [5.41, 5.74) is 6.50. The van der Waals surface area contributed by atoms with E-state index in [1.807, 2.05) is 0 Å². The third kappa shape index (κ3) is 2.91. The minimum absolute atomic E-state index is 0. The van der Waals surface area contributed by atoms with Crippen LogP contribution in [0.15, 0.2) is 30.5 Å². The lowest BCUT2D eigenvalue weighted by Gasteiger charge is -2.21. The van der Waals surface area contributed by atoms with Gasteiger partial charge in [-0.25, -0.2) is 4.79 Å². The van der Waals surface area contributed by atoms with E-state index in [4.69, 9.17) is 5.73 Å². The van der Waals surface area contributed by atoms with Crippen LogP contribution in [-0.2, 0) is 9.53 Å². The van der Waals surface area contributed by atoms with Gasteiger partial charge in [-0.15, -0.1) is 12.4 Å². The summed E-state index contributed by atoms with van der Waals surface area (Å²) < 4.78 is 32.0. The van der Waals surface area contributed by atoms with E-state index in [0.717, 1.165) is 10.9 Å². The van der Waals surface area contributed by atoms with Gasteiger partial charge in [0.05, 0.1) is 6.61 Å². The number of nitrogens with one attached hydrogen (secondary N) is 1. The molecule has 1 aromatic heterocycles. The third-order valence-electron chi connectivity index (χ3n) is 2.87. The van der Waals surface area contributed by atoms with E-state index in [1.54, 1.807) is 18.3 Å². The molecule has 7 heteroatoms. The van der Waals surface area contributed by atoms with Gasteiger partial charge in [-0.1, -0.05) is 6.07 Å². The number of alkyl halides is 2. The molecule has 1 heterocycles. The highest BCUT2D eigenvalue weighted by atomic mass is 35.5. The maximum Gasteiger partial charge on any atom is 0.379 e. The Morgan fingerprint density at radius 3 is 2.80 bits per heavy atom. The van der Waals surface area contributed by atoms with Crippen LogP contribution in [0.1, 0.15) is 18.5 Å². The largest absolute Gasteiger partial charge is 0.462 e. The quantitative estimate of drug-likeness (QED) is 0.853. The SMILES string of the molecule is CCOC(=O)C(F)(F)[C@H](N)c1ccc2[nH]ccc2c1.Cl. The Morgan fingerprint density at radius 1 is 1.45 bits per heavy atom. The van der Waals surface area contributed by atoms with Crippen molar-refractivity contribution in [2.45, 2.75) is 18.9 Å². The number of fused-ring (bicyclic) bond motifs is 1. The molecule has 4 nitrogen and oxygen atoms in total. The van der Waals surface area contributed by atoms with Gasteiger partial charge in [0.1, 0.15) is 6.04 Å². The lowest BCUT2D eigenvalue weighted by Crippen LogP contribution is -2.41. The fraction of sp³-hybridized carbons (Fsp3) is 0.308. The van der Waals surface area contributed by atoms with Crippen LogP contribution in [0.2, 0.25) is 0 Å². The average Bonchev–Trinajstić information content (AvgIpc) is 2.85. The normalized spacial score (nSPS) is 12.8. The number of H-pyrrole nitrogens is 1. The first-order valence-electron chi connectivity index (χ1n) is 5.84. The van der Waals surface area contributed by atoms with Crippen LogP contribution in [0.25, 0.3) is 10.9 Å². The van der Waals surface area contributed by atoms with Gasteiger partial charge in [0.25, 0.3) is 0 Å². The van der Waals surface area contributed by atoms with Crippen molar-refractivity contribution in [3.63, 3.8) is 0 Å². The van der Waals surface area contributed by atoms with E-state index < -0.39 is 17.9 Å². The number of aromatic nitrogens is 1. The molecule has 0 spiro atoms. The van der Waals surface area contributed by atoms with Crippen molar-refractivity contribution in [3.8, 4) is 0 Å². The maximum atomic E-state index is 13.8. The Hall–Kier alpha value is -1.66. The summed E-state index contributed by atoms with van der Waals surface area (Å²) in [6.07, 6.45) is 1.70. The zero-order valence-corrected chi connectivity index (χ0v) is 11.5. The Balaban J connectivity index is 0.00000200. The zero-order valence-electron chi connectivity index (χ0n) is 10.7. The van der Waals surface area contributed by atoms with Crippen molar-refractivity contribution in [1.82, 2.24) is 4.98 Å². The predicted octanol–water partition coefficient (Wildman–Crippen LogP) is 2.79. The van der Waals surface area contributed by atoms with Crippen LogP contribution in [0.5, 0.6) is 0 Å². The summed E-state index contributed by atoms with van der Waals surface area (Å²) in [5.74, 6) is -5.35. The number of aromatic amines is 1. The molecule has 0 aliphatic rings. The van der Waals surface area contributed by atoms with E-state index in [2.05, 4.69) is 9.72 Å². The van der Waals surface area contributed by atoms with Gasteiger partial charge in [0.2, 0.25) is 0 Å². The average molecular weight is 305 g/mol. The summed E-state index contributed by atoms with van der Waals surface area (Å²) in [4.78, 5) is 14.2. The second-order valence-corrected chi connectivity index (χ2v) is 4.15. The molecule has 0 aliphatic heterocycles. The standard InChI is InChI=1S/C13H14F2N2O2.ClH/c1-2-19-12(18)13(14,15)11(16)9-3-4-10-8(7-9)5-6-17-10;/h3-7,11,17H,2,16H2,1H3;1H/t11-;/m1./s1. The molecule has 0 radical (unpaired) electrons. The Labute approximate surface area is 120 Å². The fourth-order valence-corrected chi connectivity index (χ4v) is 1.83. The highest BCUT2D eigenvalue weighted by molar-refractivity contribution is 5.85. The van der Waals surface area contributed by atoms with Crippen molar-refractivity contribution >= 4 is 29.3 Å². The molecule has 0 amide bonds. The van der Waals surface area contributed by atoms with Crippen molar-refractivity contribution < 1.29 is 18.3 Å². The van der Waals surface area contributed by atoms with Crippen LogP contribution in [0.4, 0.5) is 8.78 Å². The van der Waals surface area contributed by atoms with Gasteiger partial charge in [-0.05, 0) is 36.1 Å². The van der Waals surface area contributed by atoms with E-state index in [0.29, 0.717) is 0 Å². The third-order valence-corrected chi connectivity index (χ3v) is 2.87. The van der Waals surface area contributed by atoms with Crippen molar-refractivity contribution in [1.29, 1.82) is 0 Å². The molecule has 0 aliphatic carbocycles. The lowest BCUT2D eigenvalue weighted by molar-refractivity contribution is -0.174. The second-order valence-electron chi connectivity index (χ2n) is 4.15. The minimum Gasteiger partial charge on any atom is -0.462 e. The number of hydrogen-bond donors (Lipinski definition) is 2. The number of hydrogen-bond acceptors (Lipinski definition) is 3. The number of halogens is 3. The van der Waals surface area contributed by atoms with Gasteiger partial charge in [0, 0.05) is 11.7 Å². The van der Waals surface area contributed by atoms with Crippen molar-refractivity contribution in [2.75, 3.05) is 6.61 Å². The summed E-state index contributed by atoms with van der Waals surface area (Å²) in [7, 11) is 0. The molecule has 0 fully saturated rings. The molecule has 2 rings (SSSR count). The summed E-state index contributed by atoms with van der Waals surface area (Å²) in [6.45, 7) is 1.35. The van der Waals surface area contributed by atoms with Gasteiger partial charge >= 0.3 is 11.9 Å². The molecule has 110 valence electrons. The van der Waals surface area contributed by atoms with Gasteiger partial charge in [-0.2, -0.15) is 8.78 Å². The first-order valence-corrected chi connectivity index (χ1v) is 5.84. The summed E-state index contributed by atoms with van der Waals surface area (Å²) in [6, 6.07) is 4.66.